The van der Waals surface area contributed by atoms with E-state index in [1.54, 1.807) is 13.0 Å². The van der Waals surface area contributed by atoms with Crippen LogP contribution >= 0.6 is 11.6 Å². The number of benzene rings is 1. The van der Waals surface area contributed by atoms with Crippen LogP contribution in [0.1, 0.15) is 23.0 Å². The Morgan fingerprint density at radius 2 is 1.98 bits per heavy atom. The molecule has 0 aliphatic carbocycles. The van der Waals surface area contributed by atoms with E-state index in [1.165, 1.54) is 41.3 Å². The lowest BCUT2D eigenvalue weighted by molar-refractivity contribution is -0.141. The second-order valence-corrected chi connectivity index (χ2v) is 8.78. The molecule has 0 bridgehead atoms. The Labute approximate surface area is 247 Å². The number of halogens is 4. The number of carbonyl (C=O) groups excluding carboxylic acids is 2. The summed E-state index contributed by atoms with van der Waals surface area (Å²) in [5.41, 5.74) is 5.08. The number of amides is 2. The Balaban J connectivity index is 0.00000162. The molecule has 0 saturated carbocycles. The molecule has 0 atom stereocenters. The number of rotatable bonds is 9. The first-order valence-corrected chi connectivity index (χ1v) is 12.7. The molecule has 0 spiro atoms. The zero-order valence-electron chi connectivity index (χ0n) is 22.4. The molecule has 0 unspecified atom stereocenters. The topological polar surface area (TPSA) is 182 Å². The zero-order chi connectivity index (χ0) is 31.6. The molecular formula is C26H25ClF3N9O4. The molecule has 0 saturated heterocycles. The van der Waals surface area contributed by atoms with Gasteiger partial charge in [0.2, 0.25) is 5.91 Å². The van der Waals surface area contributed by atoms with Gasteiger partial charge in [0, 0.05) is 37.4 Å². The summed E-state index contributed by atoms with van der Waals surface area (Å²) in [5, 5.41) is 18.7. The van der Waals surface area contributed by atoms with Crippen LogP contribution in [0.15, 0.2) is 43.0 Å². The summed E-state index contributed by atoms with van der Waals surface area (Å²) < 4.78 is 43.9. The van der Waals surface area contributed by atoms with E-state index in [1.807, 2.05) is 0 Å². The lowest BCUT2D eigenvalue weighted by Crippen LogP contribution is -2.38. The molecule has 226 valence electrons. The first kappa shape index (κ1) is 32.4. The summed E-state index contributed by atoms with van der Waals surface area (Å²) in [5.74, 6) is 4.61. The quantitative estimate of drug-likeness (QED) is 0.139. The molecule has 2 amide bonds. The van der Waals surface area contributed by atoms with Crippen LogP contribution in [0, 0.1) is 11.8 Å². The number of nitrogens with zero attached hydrogens (tertiary/aromatic N) is 5. The second kappa shape index (κ2) is 14.7. The number of nitrogens with two attached hydrogens (primary N) is 1. The molecule has 0 fully saturated rings. The summed E-state index contributed by atoms with van der Waals surface area (Å²) in [6.07, 6.45) is 0.762. The molecule has 17 heteroatoms. The van der Waals surface area contributed by atoms with E-state index in [0.717, 1.165) is 4.68 Å². The maximum atomic E-state index is 13.8. The van der Waals surface area contributed by atoms with Crippen molar-refractivity contribution in [1.82, 2.24) is 34.8 Å². The highest BCUT2D eigenvalue weighted by atomic mass is 35.5. The summed E-state index contributed by atoms with van der Waals surface area (Å²) in [6, 6.07) is 4.49. The molecule has 13 nitrogen and oxygen atoms in total. The lowest BCUT2D eigenvalue weighted by atomic mass is 10.2. The predicted octanol–water partition coefficient (Wildman–Crippen LogP) is 2.54. The molecule has 0 aliphatic heterocycles. The smallest absolute Gasteiger partial charge is 0.435 e. The summed E-state index contributed by atoms with van der Waals surface area (Å²) in [7, 11) is 0. The Kier molecular flexibility index (Phi) is 11.0. The van der Waals surface area contributed by atoms with Crippen molar-refractivity contribution < 1.29 is 32.7 Å². The van der Waals surface area contributed by atoms with E-state index in [0.29, 0.717) is 5.69 Å². The van der Waals surface area contributed by atoms with Crippen LogP contribution in [-0.4, -0.2) is 67.2 Å². The first-order chi connectivity index (χ1) is 20.5. The molecule has 4 aromatic rings. The van der Waals surface area contributed by atoms with Crippen molar-refractivity contribution in [2.45, 2.75) is 19.6 Å². The van der Waals surface area contributed by atoms with E-state index >= 15 is 0 Å². The van der Waals surface area contributed by atoms with Crippen LogP contribution in [0.25, 0.3) is 16.9 Å². The fourth-order valence-electron chi connectivity index (χ4n) is 3.71. The Morgan fingerprint density at radius 3 is 2.63 bits per heavy atom. The van der Waals surface area contributed by atoms with Crippen LogP contribution in [0.2, 0.25) is 5.02 Å². The van der Waals surface area contributed by atoms with Gasteiger partial charge in [-0.05, 0) is 25.1 Å². The minimum Gasteiger partial charge on any atom is -0.483 e. The van der Waals surface area contributed by atoms with Crippen LogP contribution in [0.4, 0.5) is 24.7 Å². The molecule has 0 radical (unpaired) electrons. The molecule has 3 heterocycles. The van der Waals surface area contributed by atoms with E-state index in [9.17, 15) is 22.8 Å². The molecule has 1 aromatic carbocycles. The lowest BCUT2D eigenvalue weighted by Gasteiger charge is -2.11. The molecule has 4 rings (SSSR count). The van der Waals surface area contributed by atoms with Gasteiger partial charge in [-0.1, -0.05) is 17.5 Å². The minimum absolute atomic E-state index is 0.000930. The van der Waals surface area contributed by atoms with E-state index in [4.69, 9.17) is 27.2 Å². The van der Waals surface area contributed by atoms with E-state index < -0.39 is 23.7 Å². The molecule has 43 heavy (non-hydrogen) atoms. The standard InChI is InChI=1S/C25H23ClF3N9O2.CH2O2/c1-2-3-9-37-14-17(21(36-37)25(27,28)29)19-12-33-23-22(32-8-10-38(19)23)35-15-4-5-16(18(26)11-15)24(40)34-13-20(39)31-7-6-30;2-1-3/h4-5,8,10-12,14H,6-7,9,13,30H2,1H3,(H,31,39)(H,32,35)(H,34,40);1H,(H,2,3). The number of alkyl halides is 3. The van der Waals surface area contributed by atoms with Gasteiger partial charge in [0.05, 0.1) is 34.6 Å². The van der Waals surface area contributed by atoms with E-state index in [-0.39, 0.29) is 66.0 Å². The van der Waals surface area contributed by atoms with Gasteiger partial charge in [-0.3, -0.25) is 23.5 Å². The third kappa shape index (κ3) is 8.21. The molecule has 6 N–H and O–H groups in total. The normalized spacial score (nSPS) is 10.7. The predicted molar refractivity (Wildman–Crippen MR) is 150 cm³/mol. The number of imidazole rings is 1. The van der Waals surface area contributed by atoms with Gasteiger partial charge in [0.1, 0.15) is 6.54 Å². The maximum absolute atomic E-state index is 13.8. The van der Waals surface area contributed by atoms with Gasteiger partial charge in [0.25, 0.3) is 12.4 Å². The van der Waals surface area contributed by atoms with Crippen molar-refractivity contribution >= 4 is 47.0 Å². The largest absolute Gasteiger partial charge is 0.483 e. The highest BCUT2D eigenvalue weighted by Crippen LogP contribution is 2.37. The van der Waals surface area contributed by atoms with E-state index in [2.05, 4.69) is 42.9 Å². The highest BCUT2D eigenvalue weighted by Gasteiger charge is 2.38. The third-order valence-electron chi connectivity index (χ3n) is 5.50. The number of carbonyl (C=O) groups is 3. The summed E-state index contributed by atoms with van der Waals surface area (Å²) >= 11 is 6.31. The van der Waals surface area contributed by atoms with Gasteiger partial charge < -0.3 is 26.8 Å². The monoisotopic (exact) mass is 619 g/mol. The maximum Gasteiger partial charge on any atom is 0.435 e. The van der Waals surface area contributed by atoms with Gasteiger partial charge in [-0.2, -0.15) is 18.3 Å². The second-order valence-electron chi connectivity index (χ2n) is 8.37. The highest BCUT2D eigenvalue weighted by molar-refractivity contribution is 6.34. The van der Waals surface area contributed by atoms with Crippen molar-refractivity contribution in [2.75, 3.05) is 25.0 Å². The molecular weight excluding hydrogens is 595 g/mol. The Bertz CT molecular complexity index is 1680. The number of aromatic nitrogens is 5. The number of fused-ring (bicyclic) bond motifs is 1. The van der Waals surface area contributed by atoms with Gasteiger partial charge >= 0.3 is 6.18 Å². The van der Waals surface area contributed by atoms with Gasteiger partial charge in [-0.15, -0.1) is 5.92 Å². The van der Waals surface area contributed by atoms with Crippen LogP contribution < -0.4 is 21.7 Å². The van der Waals surface area contributed by atoms with Crippen LogP contribution in [0.5, 0.6) is 0 Å². The number of hydrogen-bond acceptors (Lipinski definition) is 8. The van der Waals surface area contributed by atoms with Crippen molar-refractivity contribution in [1.29, 1.82) is 0 Å². The zero-order valence-corrected chi connectivity index (χ0v) is 23.2. The summed E-state index contributed by atoms with van der Waals surface area (Å²) in [4.78, 5) is 41.0. The number of hydrogen-bond donors (Lipinski definition) is 5. The molecule has 0 aliphatic rings. The Morgan fingerprint density at radius 1 is 1.23 bits per heavy atom. The average Bonchev–Trinajstić information content (AvgIpc) is 3.59. The first-order valence-electron chi connectivity index (χ1n) is 12.3. The van der Waals surface area contributed by atoms with Crippen LogP contribution in [0.3, 0.4) is 0 Å². The number of carboxylic acid groups (broad SMARTS) is 1. The van der Waals surface area contributed by atoms with Gasteiger partial charge in [-0.25, -0.2) is 9.97 Å². The summed E-state index contributed by atoms with van der Waals surface area (Å²) in [6.45, 7) is 1.65. The SMILES string of the molecule is CC#CCn1cc(-c2cnc3c(Nc4ccc(C(=O)NCC(=O)NCCN)c(Cl)c4)nccn23)c(C(F)(F)F)n1.O=CO. The van der Waals surface area contributed by atoms with Crippen LogP contribution in [-0.2, 0) is 22.3 Å². The third-order valence-corrected chi connectivity index (χ3v) is 5.82. The number of anilines is 2. The Hall–Kier alpha value is -5.14. The van der Waals surface area contributed by atoms with Crippen molar-refractivity contribution in [3.63, 3.8) is 0 Å². The fraction of sp³-hybridized carbons (Fsp3) is 0.231. The number of nitrogens with one attached hydrogen (secondary N) is 3. The van der Waals surface area contributed by atoms with Crippen molar-refractivity contribution in [3.8, 4) is 23.1 Å². The minimum atomic E-state index is -4.70. The van der Waals surface area contributed by atoms with Crippen molar-refractivity contribution in [3.05, 3.63) is 59.3 Å². The fourth-order valence-corrected chi connectivity index (χ4v) is 3.98. The molecule has 3 aromatic heterocycles. The average molecular weight is 620 g/mol. The van der Waals surface area contributed by atoms with Crippen molar-refractivity contribution in [2.24, 2.45) is 5.73 Å². The van der Waals surface area contributed by atoms with Gasteiger partial charge in [0.15, 0.2) is 17.2 Å².